The molecule has 1 aromatic rings. The van der Waals surface area contributed by atoms with Crippen molar-refractivity contribution in [3.8, 4) is 0 Å². The Bertz CT molecular complexity index is 372. The molecular weight excluding hydrogens is 289 g/mol. The van der Waals surface area contributed by atoms with Gasteiger partial charge >= 0.3 is 0 Å². The Hall–Kier alpha value is -0.0600. The lowest BCUT2D eigenvalue weighted by atomic mass is 10.1. The Balaban J connectivity index is 2.18. The highest BCUT2D eigenvalue weighted by atomic mass is 79.9. The summed E-state index contributed by atoms with van der Waals surface area (Å²) in [7, 11) is 0. The molecule has 2 rings (SSSR count). The van der Waals surface area contributed by atoms with Gasteiger partial charge in [0.25, 0.3) is 0 Å². The quantitative estimate of drug-likeness (QED) is 0.848. The highest BCUT2D eigenvalue weighted by Gasteiger charge is 2.18. The number of halogens is 2. The van der Waals surface area contributed by atoms with E-state index in [4.69, 9.17) is 0 Å². The van der Waals surface area contributed by atoms with Crippen molar-refractivity contribution in [2.45, 2.75) is 25.4 Å². The van der Waals surface area contributed by atoms with Crippen molar-refractivity contribution in [3.05, 3.63) is 34.1 Å². The van der Waals surface area contributed by atoms with Crippen molar-refractivity contribution in [1.29, 1.82) is 0 Å². The fourth-order valence-electron chi connectivity index (χ4n) is 1.86. The van der Waals surface area contributed by atoms with E-state index in [1.54, 1.807) is 0 Å². The topological polar surface area (TPSA) is 12.0 Å². The lowest BCUT2D eigenvalue weighted by Gasteiger charge is -2.19. The summed E-state index contributed by atoms with van der Waals surface area (Å²) in [4.78, 5) is 0. The summed E-state index contributed by atoms with van der Waals surface area (Å²) in [5.74, 6) is 2.06. The number of hydrogen-bond donors (Lipinski definition) is 1. The van der Waals surface area contributed by atoms with Crippen molar-refractivity contribution in [2.75, 3.05) is 11.5 Å². The molecule has 1 nitrogen and oxygen atoms in total. The molecule has 1 fully saturated rings. The molecule has 0 bridgehead atoms. The van der Waals surface area contributed by atoms with Crippen LogP contribution in [-0.4, -0.2) is 17.5 Å². The van der Waals surface area contributed by atoms with Crippen LogP contribution in [0.3, 0.4) is 0 Å². The van der Waals surface area contributed by atoms with E-state index in [0.717, 1.165) is 11.3 Å². The Labute approximate surface area is 108 Å². The molecule has 0 aromatic heterocycles. The van der Waals surface area contributed by atoms with Gasteiger partial charge in [0, 0.05) is 17.8 Å². The van der Waals surface area contributed by atoms with Crippen LogP contribution in [0.2, 0.25) is 0 Å². The predicted molar refractivity (Wildman–Crippen MR) is 71.4 cm³/mol. The van der Waals surface area contributed by atoms with Gasteiger partial charge in [0.05, 0.1) is 4.47 Å². The number of nitrogens with one attached hydrogen (secondary N) is 1. The number of thioether (sulfide) groups is 1. The average Bonchev–Trinajstić information content (AvgIpc) is 2.47. The molecule has 2 atom stereocenters. The zero-order chi connectivity index (χ0) is 11.5. The maximum Gasteiger partial charge on any atom is 0.137 e. The lowest BCUT2D eigenvalue weighted by Crippen LogP contribution is -2.30. The van der Waals surface area contributed by atoms with Gasteiger partial charge in [0.15, 0.2) is 0 Å². The molecular formula is C12H15BrFNS. The third-order valence-electron chi connectivity index (χ3n) is 2.81. The number of benzene rings is 1. The number of hydrogen-bond acceptors (Lipinski definition) is 2. The molecule has 1 saturated heterocycles. The van der Waals surface area contributed by atoms with Gasteiger partial charge in [-0.1, -0.05) is 6.07 Å². The van der Waals surface area contributed by atoms with Crippen molar-refractivity contribution in [1.82, 2.24) is 5.32 Å². The molecule has 88 valence electrons. The number of rotatable bonds is 1. The first kappa shape index (κ1) is 12.4. The SMILES string of the molecule is CC1CCSCC(c2ccc(F)c(Br)c2)N1. The highest BCUT2D eigenvalue weighted by Crippen LogP contribution is 2.26. The summed E-state index contributed by atoms with van der Waals surface area (Å²) in [5.41, 5.74) is 1.16. The van der Waals surface area contributed by atoms with Crippen LogP contribution in [0, 0.1) is 5.82 Å². The van der Waals surface area contributed by atoms with Gasteiger partial charge in [-0.15, -0.1) is 0 Å². The van der Waals surface area contributed by atoms with E-state index in [1.807, 2.05) is 23.9 Å². The van der Waals surface area contributed by atoms with Gasteiger partial charge in [-0.05, 0) is 52.7 Å². The van der Waals surface area contributed by atoms with Crippen LogP contribution in [0.1, 0.15) is 24.9 Å². The maximum absolute atomic E-state index is 13.2. The highest BCUT2D eigenvalue weighted by molar-refractivity contribution is 9.10. The molecule has 0 saturated carbocycles. The zero-order valence-corrected chi connectivity index (χ0v) is 11.6. The first-order valence-electron chi connectivity index (χ1n) is 5.45. The van der Waals surface area contributed by atoms with Crippen LogP contribution >= 0.6 is 27.7 Å². The third-order valence-corrected chi connectivity index (χ3v) is 4.51. The van der Waals surface area contributed by atoms with Gasteiger partial charge in [-0.3, -0.25) is 0 Å². The fourth-order valence-corrected chi connectivity index (χ4v) is 3.47. The van der Waals surface area contributed by atoms with Gasteiger partial charge in [0.1, 0.15) is 5.82 Å². The molecule has 1 N–H and O–H groups in total. The van der Waals surface area contributed by atoms with E-state index in [-0.39, 0.29) is 5.82 Å². The van der Waals surface area contributed by atoms with Gasteiger partial charge < -0.3 is 5.32 Å². The Morgan fingerprint density at radius 2 is 2.31 bits per heavy atom. The van der Waals surface area contributed by atoms with Crippen LogP contribution in [0.5, 0.6) is 0 Å². The summed E-state index contributed by atoms with van der Waals surface area (Å²) in [6.07, 6.45) is 1.20. The summed E-state index contributed by atoms with van der Waals surface area (Å²) < 4.78 is 13.7. The maximum atomic E-state index is 13.2. The fraction of sp³-hybridized carbons (Fsp3) is 0.500. The molecule has 0 spiro atoms. The van der Waals surface area contributed by atoms with E-state index in [1.165, 1.54) is 18.2 Å². The molecule has 1 aliphatic rings. The minimum absolute atomic E-state index is 0.196. The average molecular weight is 304 g/mol. The van der Waals surface area contributed by atoms with Crippen LogP contribution in [0.25, 0.3) is 0 Å². The molecule has 0 aliphatic carbocycles. The molecule has 1 heterocycles. The summed E-state index contributed by atoms with van der Waals surface area (Å²) in [6.45, 7) is 2.21. The Kier molecular flexibility index (Phi) is 4.27. The Morgan fingerprint density at radius 3 is 3.06 bits per heavy atom. The molecule has 1 aliphatic heterocycles. The molecule has 4 heteroatoms. The van der Waals surface area contributed by atoms with Crippen LogP contribution in [0.4, 0.5) is 4.39 Å². The zero-order valence-electron chi connectivity index (χ0n) is 9.17. The normalized spacial score (nSPS) is 26.4. The van der Waals surface area contributed by atoms with Gasteiger partial charge in [-0.25, -0.2) is 4.39 Å². The second-order valence-corrected chi connectivity index (χ2v) is 6.16. The lowest BCUT2D eigenvalue weighted by molar-refractivity contribution is 0.484. The van der Waals surface area contributed by atoms with Crippen molar-refractivity contribution >= 4 is 27.7 Å². The minimum atomic E-state index is -0.196. The van der Waals surface area contributed by atoms with Gasteiger partial charge in [0.2, 0.25) is 0 Å². The summed E-state index contributed by atoms with van der Waals surface area (Å²) >= 11 is 5.20. The van der Waals surface area contributed by atoms with E-state index in [9.17, 15) is 4.39 Å². The van der Waals surface area contributed by atoms with E-state index in [0.29, 0.717) is 16.6 Å². The molecule has 0 amide bonds. The predicted octanol–water partition coefficient (Wildman–Crippen LogP) is 3.74. The van der Waals surface area contributed by atoms with Crippen LogP contribution in [0.15, 0.2) is 22.7 Å². The van der Waals surface area contributed by atoms with Crippen LogP contribution < -0.4 is 5.32 Å². The minimum Gasteiger partial charge on any atom is -0.307 e. The molecule has 1 aromatic carbocycles. The third kappa shape index (κ3) is 2.99. The van der Waals surface area contributed by atoms with Gasteiger partial charge in [-0.2, -0.15) is 11.8 Å². The monoisotopic (exact) mass is 303 g/mol. The molecule has 16 heavy (non-hydrogen) atoms. The second-order valence-electron chi connectivity index (χ2n) is 4.16. The van der Waals surface area contributed by atoms with E-state index < -0.39 is 0 Å². The summed E-state index contributed by atoms with van der Waals surface area (Å²) in [5, 5.41) is 3.58. The summed E-state index contributed by atoms with van der Waals surface area (Å²) in [6, 6.07) is 6.15. The van der Waals surface area contributed by atoms with E-state index in [2.05, 4.69) is 28.2 Å². The first-order valence-corrected chi connectivity index (χ1v) is 7.40. The van der Waals surface area contributed by atoms with Crippen molar-refractivity contribution < 1.29 is 4.39 Å². The Morgan fingerprint density at radius 1 is 1.50 bits per heavy atom. The molecule has 0 radical (unpaired) electrons. The smallest absolute Gasteiger partial charge is 0.137 e. The first-order chi connectivity index (χ1) is 7.66. The van der Waals surface area contributed by atoms with Crippen LogP contribution in [-0.2, 0) is 0 Å². The standard InChI is InChI=1S/C12H15BrFNS/c1-8-4-5-16-7-12(15-8)9-2-3-11(14)10(13)6-9/h2-3,6,8,12,15H,4-5,7H2,1H3. The van der Waals surface area contributed by atoms with Crippen molar-refractivity contribution in [3.63, 3.8) is 0 Å². The molecule has 2 unspecified atom stereocenters. The van der Waals surface area contributed by atoms with E-state index >= 15 is 0 Å². The van der Waals surface area contributed by atoms with Crippen molar-refractivity contribution in [2.24, 2.45) is 0 Å². The second kappa shape index (κ2) is 5.52. The largest absolute Gasteiger partial charge is 0.307 e.